The molecule has 2 aliphatic rings. The van der Waals surface area contributed by atoms with E-state index in [1.807, 2.05) is 6.07 Å². The van der Waals surface area contributed by atoms with Crippen molar-refractivity contribution in [2.24, 2.45) is 5.73 Å². The van der Waals surface area contributed by atoms with E-state index >= 15 is 0 Å². The Kier molecular flexibility index (Phi) is 3.48. The average molecular weight is 260 g/mol. The maximum atomic E-state index is 12.2. The first kappa shape index (κ1) is 12.6. The lowest BCUT2D eigenvalue weighted by Gasteiger charge is -2.21. The molecule has 2 atom stereocenters. The van der Waals surface area contributed by atoms with Crippen LogP contribution in [0.4, 0.5) is 0 Å². The zero-order valence-corrected chi connectivity index (χ0v) is 11.0. The van der Waals surface area contributed by atoms with Gasteiger partial charge in [-0.05, 0) is 37.4 Å². The van der Waals surface area contributed by atoms with Gasteiger partial charge in [0.1, 0.15) is 5.69 Å². The smallest absolute Gasteiger partial charge is 0.270 e. The molecule has 5 heteroatoms. The van der Waals surface area contributed by atoms with Gasteiger partial charge in [0.25, 0.3) is 5.91 Å². The summed E-state index contributed by atoms with van der Waals surface area (Å²) < 4.78 is 0. The Morgan fingerprint density at radius 2 is 2.32 bits per heavy atom. The summed E-state index contributed by atoms with van der Waals surface area (Å²) in [5.74, 6) is -0.0673. The van der Waals surface area contributed by atoms with Crippen LogP contribution in [0.3, 0.4) is 0 Å². The number of rotatable bonds is 3. The highest BCUT2D eigenvalue weighted by Gasteiger charge is 2.37. The molecule has 2 fully saturated rings. The van der Waals surface area contributed by atoms with E-state index in [1.54, 1.807) is 12.3 Å². The van der Waals surface area contributed by atoms with Gasteiger partial charge in [-0.1, -0.05) is 6.07 Å². The largest absolute Gasteiger partial charge is 0.346 e. The number of carbonyl (C=O) groups is 1. The minimum Gasteiger partial charge on any atom is -0.346 e. The second kappa shape index (κ2) is 5.27. The average Bonchev–Trinajstić information content (AvgIpc) is 3.04. The molecule has 0 bridgehead atoms. The minimum absolute atomic E-state index is 0.0673. The summed E-state index contributed by atoms with van der Waals surface area (Å²) in [6.07, 6.45) is 5.17. The third kappa shape index (κ3) is 2.48. The van der Waals surface area contributed by atoms with Crippen molar-refractivity contribution in [3.63, 3.8) is 0 Å². The van der Waals surface area contributed by atoms with Gasteiger partial charge in [-0.2, -0.15) is 0 Å². The number of amides is 1. The molecule has 1 aromatic heterocycles. The van der Waals surface area contributed by atoms with Gasteiger partial charge in [0.15, 0.2) is 0 Å². The second-order valence-electron chi connectivity index (χ2n) is 5.37. The number of nitrogens with zero attached hydrogens (tertiary/aromatic N) is 2. The summed E-state index contributed by atoms with van der Waals surface area (Å²) in [5.41, 5.74) is 6.94. The van der Waals surface area contributed by atoms with Crippen molar-refractivity contribution in [2.45, 2.75) is 37.9 Å². The van der Waals surface area contributed by atoms with Gasteiger partial charge in [-0.3, -0.25) is 14.7 Å². The van der Waals surface area contributed by atoms with Crippen LogP contribution in [0, 0.1) is 0 Å². The van der Waals surface area contributed by atoms with Gasteiger partial charge in [-0.25, -0.2) is 0 Å². The highest BCUT2D eigenvalue weighted by molar-refractivity contribution is 5.92. The summed E-state index contributed by atoms with van der Waals surface area (Å²) >= 11 is 0. The van der Waals surface area contributed by atoms with Crippen LogP contribution >= 0.6 is 0 Å². The molecule has 0 aromatic carbocycles. The van der Waals surface area contributed by atoms with Crippen molar-refractivity contribution < 1.29 is 4.79 Å². The van der Waals surface area contributed by atoms with E-state index in [0.717, 1.165) is 18.5 Å². The van der Waals surface area contributed by atoms with Crippen LogP contribution < -0.4 is 11.1 Å². The number of nitrogens with one attached hydrogen (secondary N) is 1. The number of carbonyl (C=O) groups excluding carboxylic acids is 1. The molecule has 3 rings (SSSR count). The van der Waals surface area contributed by atoms with E-state index in [0.29, 0.717) is 18.3 Å². The van der Waals surface area contributed by atoms with Gasteiger partial charge in [-0.15, -0.1) is 0 Å². The van der Waals surface area contributed by atoms with Crippen molar-refractivity contribution in [3.8, 4) is 0 Å². The monoisotopic (exact) mass is 260 g/mol. The molecule has 5 nitrogen and oxygen atoms in total. The van der Waals surface area contributed by atoms with Crippen LogP contribution in [-0.4, -0.2) is 41.0 Å². The van der Waals surface area contributed by atoms with E-state index in [9.17, 15) is 4.79 Å². The van der Waals surface area contributed by atoms with Crippen molar-refractivity contribution in [1.82, 2.24) is 15.2 Å². The van der Waals surface area contributed by atoms with Crippen molar-refractivity contribution in [2.75, 3.05) is 13.1 Å². The SMILES string of the molecule is NCc1ccc(C(=O)NC2CCN3CCCC23)nc1. The normalized spacial score (nSPS) is 26.4. The van der Waals surface area contributed by atoms with Crippen molar-refractivity contribution >= 4 is 5.91 Å². The summed E-state index contributed by atoms with van der Waals surface area (Å²) in [4.78, 5) is 18.8. The first-order chi connectivity index (χ1) is 9.28. The third-order valence-electron chi connectivity index (χ3n) is 4.22. The Balaban J connectivity index is 1.64. The molecule has 0 aliphatic carbocycles. The van der Waals surface area contributed by atoms with Crippen LogP contribution in [0.5, 0.6) is 0 Å². The van der Waals surface area contributed by atoms with Crippen molar-refractivity contribution in [1.29, 1.82) is 0 Å². The van der Waals surface area contributed by atoms with Crippen LogP contribution in [0.2, 0.25) is 0 Å². The van der Waals surface area contributed by atoms with E-state index in [4.69, 9.17) is 5.73 Å². The summed E-state index contributed by atoms with van der Waals surface area (Å²) in [7, 11) is 0. The van der Waals surface area contributed by atoms with Gasteiger partial charge in [0.2, 0.25) is 0 Å². The molecular weight excluding hydrogens is 240 g/mol. The van der Waals surface area contributed by atoms with Gasteiger partial charge >= 0.3 is 0 Å². The number of nitrogens with two attached hydrogens (primary N) is 1. The maximum absolute atomic E-state index is 12.2. The van der Waals surface area contributed by atoms with E-state index in [1.165, 1.54) is 19.4 Å². The lowest BCUT2D eigenvalue weighted by Crippen LogP contribution is -2.42. The first-order valence-corrected chi connectivity index (χ1v) is 6.98. The second-order valence-corrected chi connectivity index (χ2v) is 5.37. The molecule has 2 aliphatic heterocycles. The number of aromatic nitrogens is 1. The van der Waals surface area contributed by atoms with Crippen LogP contribution in [-0.2, 0) is 6.54 Å². The zero-order valence-electron chi connectivity index (χ0n) is 11.0. The summed E-state index contributed by atoms with van der Waals surface area (Å²) in [5, 5.41) is 3.13. The Morgan fingerprint density at radius 1 is 1.42 bits per heavy atom. The number of pyridine rings is 1. The van der Waals surface area contributed by atoms with E-state index in [-0.39, 0.29) is 11.9 Å². The highest BCUT2D eigenvalue weighted by Crippen LogP contribution is 2.27. The molecule has 19 heavy (non-hydrogen) atoms. The summed E-state index contributed by atoms with van der Waals surface area (Å²) in [6.45, 7) is 2.74. The topological polar surface area (TPSA) is 71.2 Å². The zero-order chi connectivity index (χ0) is 13.2. The lowest BCUT2D eigenvalue weighted by atomic mass is 10.1. The predicted octanol–water partition coefficient (Wildman–Crippen LogP) is 0.507. The molecule has 2 saturated heterocycles. The molecule has 3 N–H and O–H groups in total. The molecule has 0 saturated carbocycles. The fourth-order valence-electron chi connectivity index (χ4n) is 3.17. The minimum atomic E-state index is -0.0673. The molecule has 2 unspecified atom stereocenters. The van der Waals surface area contributed by atoms with Crippen LogP contribution in [0.1, 0.15) is 35.3 Å². The van der Waals surface area contributed by atoms with Gasteiger partial charge < -0.3 is 11.1 Å². The number of hydrogen-bond acceptors (Lipinski definition) is 4. The third-order valence-corrected chi connectivity index (χ3v) is 4.22. The molecule has 1 amide bonds. The van der Waals surface area contributed by atoms with Crippen LogP contribution in [0.25, 0.3) is 0 Å². The molecule has 1 aromatic rings. The molecular formula is C14H20N4O. The Labute approximate surface area is 113 Å². The lowest BCUT2D eigenvalue weighted by molar-refractivity contribution is 0.0924. The quantitative estimate of drug-likeness (QED) is 0.830. The number of hydrogen-bond donors (Lipinski definition) is 2. The van der Waals surface area contributed by atoms with E-state index in [2.05, 4.69) is 15.2 Å². The fourth-order valence-corrected chi connectivity index (χ4v) is 3.17. The maximum Gasteiger partial charge on any atom is 0.270 e. The van der Waals surface area contributed by atoms with Crippen molar-refractivity contribution in [3.05, 3.63) is 29.6 Å². The van der Waals surface area contributed by atoms with Crippen LogP contribution in [0.15, 0.2) is 18.3 Å². The Morgan fingerprint density at radius 3 is 3.05 bits per heavy atom. The fraction of sp³-hybridized carbons (Fsp3) is 0.571. The molecule has 3 heterocycles. The van der Waals surface area contributed by atoms with Gasteiger partial charge in [0, 0.05) is 31.4 Å². The van der Waals surface area contributed by atoms with E-state index < -0.39 is 0 Å². The highest BCUT2D eigenvalue weighted by atomic mass is 16.2. The molecule has 102 valence electrons. The Bertz CT molecular complexity index is 459. The standard InChI is InChI=1S/C14H20N4O/c15-8-10-3-4-12(16-9-10)14(19)17-11-5-7-18-6-1-2-13(11)18/h3-4,9,11,13H,1-2,5-8,15H2,(H,17,19). The van der Waals surface area contributed by atoms with Gasteiger partial charge in [0.05, 0.1) is 0 Å². The Hall–Kier alpha value is -1.46. The molecule has 0 radical (unpaired) electrons. The number of fused-ring (bicyclic) bond motifs is 1. The predicted molar refractivity (Wildman–Crippen MR) is 72.6 cm³/mol. The first-order valence-electron chi connectivity index (χ1n) is 6.98. The molecule has 0 spiro atoms. The summed E-state index contributed by atoms with van der Waals surface area (Å²) in [6, 6.07) is 4.43.